The third-order valence-electron chi connectivity index (χ3n) is 3.54. The van der Waals surface area contributed by atoms with E-state index in [0.717, 1.165) is 47.7 Å². The Kier molecular flexibility index (Phi) is 4.56. The molecule has 2 nitrogen and oxygen atoms in total. The molecule has 0 aliphatic heterocycles. The second-order valence-electron chi connectivity index (χ2n) is 4.92. The number of hydrogen-bond acceptors (Lipinski definition) is 1. The Morgan fingerprint density at radius 2 is 2.16 bits per heavy atom. The quantitative estimate of drug-likeness (QED) is 0.443. The van der Waals surface area contributed by atoms with E-state index in [1.54, 1.807) is 0 Å². The number of aldehydes is 1. The largest absolute Gasteiger partial charge is 0.358 e. The van der Waals surface area contributed by atoms with Gasteiger partial charge in [-0.1, -0.05) is 38.0 Å². The molecule has 1 N–H and O–H groups in total. The number of unbranched alkanes of at least 4 members (excludes halogenated alkanes) is 2. The maximum absolute atomic E-state index is 11.4. The predicted octanol–water partition coefficient (Wildman–Crippen LogP) is 4.44. The average molecular weight is 255 g/mol. The van der Waals surface area contributed by atoms with Gasteiger partial charge >= 0.3 is 0 Å². The highest BCUT2D eigenvalue weighted by atomic mass is 16.1. The van der Waals surface area contributed by atoms with Crippen LogP contribution >= 0.6 is 0 Å². The van der Waals surface area contributed by atoms with Gasteiger partial charge in [-0.15, -0.1) is 6.58 Å². The van der Waals surface area contributed by atoms with E-state index < -0.39 is 0 Å². The zero-order valence-corrected chi connectivity index (χ0v) is 11.5. The molecule has 0 spiro atoms. The number of rotatable bonds is 7. The molecule has 0 aliphatic carbocycles. The van der Waals surface area contributed by atoms with Gasteiger partial charge in [0.25, 0.3) is 0 Å². The van der Waals surface area contributed by atoms with Crippen molar-refractivity contribution < 1.29 is 4.79 Å². The Morgan fingerprint density at radius 1 is 1.32 bits per heavy atom. The van der Waals surface area contributed by atoms with E-state index >= 15 is 0 Å². The molecule has 1 heterocycles. The number of hydrogen-bond donors (Lipinski definition) is 1. The monoisotopic (exact) mass is 255 g/mol. The van der Waals surface area contributed by atoms with Crippen LogP contribution in [0.5, 0.6) is 0 Å². The van der Waals surface area contributed by atoms with Crippen LogP contribution in [0.4, 0.5) is 0 Å². The number of fused-ring (bicyclic) bond motifs is 1. The van der Waals surface area contributed by atoms with Crippen molar-refractivity contribution in [3.05, 3.63) is 47.7 Å². The third-order valence-corrected chi connectivity index (χ3v) is 3.54. The van der Waals surface area contributed by atoms with Gasteiger partial charge in [0.1, 0.15) is 0 Å². The van der Waals surface area contributed by atoms with E-state index in [2.05, 4.69) is 24.6 Å². The van der Waals surface area contributed by atoms with E-state index in [1.807, 2.05) is 18.2 Å². The highest BCUT2D eigenvalue weighted by Gasteiger charge is 2.13. The highest BCUT2D eigenvalue weighted by molar-refractivity contribution is 6.00. The molecule has 1 aromatic heterocycles. The Hall–Kier alpha value is -1.83. The lowest BCUT2D eigenvalue weighted by Gasteiger charge is -2.01. The molecule has 100 valence electrons. The first-order valence-corrected chi connectivity index (χ1v) is 7.00. The number of aromatic amines is 1. The van der Waals surface area contributed by atoms with Crippen LogP contribution < -0.4 is 0 Å². The van der Waals surface area contributed by atoms with Crippen molar-refractivity contribution >= 4 is 17.2 Å². The molecular weight excluding hydrogens is 234 g/mol. The van der Waals surface area contributed by atoms with Crippen LogP contribution in [0.3, 0.4) is 0 Å². The summed E-state index contributed by atoms with van der Waals surface area (Å²) < 4.78 is 0. The molecule has 0 atom stereocenters. The maximum Gasteiger partial charge on any atom is 0.152 e. The molecule has 0 unspecified atom stereocenters. The van der Waals surface area contributed by atoms with E-state index in [4.69, 9.17) is 0 Å². The fourth-order valence-corrected chi connectivity index (χ4v) is 2.61. The van der Waals surface area contributed by atoms with Crippen LogP contribution in [-0.4, -0.2) is 11.3 Å². The third kappa shape index (κ3) is 2.78. The molecule has 0 radical (unpaired) electrons. The molecule has 2 rings (SSSR count). The van der Waals surface area contributed by atoms with Crippen LogP contribution in [0.1, 0.15) is 47.8 Å². The predicted molar refractivity (Wildman–Crippen MR) is 80.8 cm³/mol. The topological polar surface area (TPSA) is 32.9 Å². The molecule has 1 aromatic carbocycles. The molecular formula is C17H21NO. The Balaban J connectivity index is 2.45. The lowest BCUT2D eigenvalue weighted by Crippen LogP contribution is -1.92. The summed E-state index contributed by atoms with van der Waals surface area (Å²) >= 11 is 0. The second kappa shape index (κ2) is 6.37. The van der Waals surface area contributed by atoms with E-state index in [-0.39, 0.29) is 0 Å². The highest BCUT2D eigenvalue weighted by Crippen LogP contribution is 2.26. The van der Waals surface area contributed by atoms with Crippen LogP contribution in [0, 0.1) is 0 Å². The molecule has 0 aliphatic rings. The normalized spacial score (nSPS) is 10.8. The number of nitrogens with one attached hydrogen (secondary N) is 1. The van der Waals surface area contributed by atoms with Gasteiger partial charge in [0.05, 0.1) is 0 Å². The zero-order valence-electron chi connectivity index (χ0n) is 11.5. The van der Waals surface area contributed by atoms with E-state index in [0.29, 0.717) is 0 Å². The number of aromatic nitrogens is 1. The van der Waals surface area contributed by atoms with Gasteiger partial charge < -0.3 is 4.98 Å². The summed E-state index contributed by atoms with van der Waals surface area (Å²) in [5.74, 6) is 0. The zero-order chi connectivity index (χ0) is 13.7. The van der Waals surface area contributed by atoms with Crippen LogP contribution in [-0.2, 0) is 12.8 Å². The van der Waals surface area contributed by atoms with Gasteiger partial charge in [-0.3, -0.25) is 4.79 Å². The van der Waals surface area contributed by atoms with Gasteiger partial charge in [-0.05, 0) is 30.9 Å². The standard InChI is InChI=1S/C17H21NO/c1-3-5-6-10-15-14(12-19)17-13(8-4-2)9-7-11-16(17)18-15/h4,7,9,11-12,18H,2-3,5-6,8,10H2,1H3. The van der Waals surface area contributed by atoms with Crippen molar-refractivity contribution in [3.63, 3.8) is 0 Å². The van der Waals surface area contributed by atoms with Crippen molar-refractivity contribution in [2.75, 3.05) is 0 Å². The van der Waals surface area contributed by atoms with Crippen LogP contribution in [0.15, 0.2) is 30.9 Å². The van der Waals surface area contributed by atoms with Gasteiger partial charge in [0.2, 0.25) is 0 Å². The summed E-state index contributed by atoms with van der Waals surface area (Å²) in [6.45, 7) is 5.98. The molecule has 2 aromatic rings. The molecule has 0 amide bonds. The van der Waals surface area contributed by atoms with Gasteiger partial charge in [-0.2, -0.15) is 0 Å². The second-order valence-corrected chi connectivity index (χ2v) is 4.92. The minimum absolute atomic E-state index is 0.796. The molecule has 0 bridgehead atoms. The van der Waals surface area contributed by atoms with Crippen molar-refractivity contribution in [1.29, 1.82) is 0 Å². The number of benzene rings is 1. The molecule has 0 fully saturated rings. The number of carbonyl (C=O) groups excluding carboxylic acids is 1. The number of carbonyl (C=O) groups is 1. The smallest absolute Gasteiger partial charge is 0.152 e. The lowest BCUT2D eigenvalue weighted by atomic mass is 10.0. The van der Waals surface area contributed by atoms with Crippen LogP contribution in [0.25, 0.3) is 10.9 Å². The number of H-pyrrole nitrogens is 1. The number of allylic oxidation sites excluding steroid dienone is 1. The summed E-state index contributed by atoms with van der Waals surface area (Å²) in [6.07, 6.45) is 8.14. The van der Waals surface area contributed by atoms with Crippen molar-refractivity contribution in [1.82, 2.24) is 4.98 Å². The van der Waals surface area contributed by atoms with Gasteiger partial charge in [0.15, 0.2) is 6.29 Å². The fourth-order valence-electron chi connectivity index (χ4n) is 2.61. The molecule has 0 saturated heterocycles. The van der Waals surface area contributed by atoms with Crippen LogP contribution in [0.2, 0.25) is 0 Å². The van der Waals surface area contributed by atoms with Gasteiger partial charge in [0, 0.05) is 22.2 Å². The first kappa shape index (κ1) is 13.6. The molecule has 2 heteroatoms. The SMILES string of the molecule is C=CCc1cccc2[nH]c(CCCCC)c(C=O)c12. The summed E-state index contributed by atoms with van der Waals surface area (Å²) in [6, 6.07) is 6.14. The van der Waals surface area contributed by atoms with E-state index in [9.17, 15) is 4.79 Å². The minimum Gasteiger partial charge on any atom is -0.358 e. The van der Waals surface area contributed by atoms with Crippen molar-refractivity contribution in [2.45, 2.75) is 39.0 Å². The first-order valence-electron chi connectivity index (χ1n) is 7.00. The Morgan fingerprint density at radius 3 is 2.84 bits per heavy atom. The average Bonchev–Trinajstić information content (AvgIpc) is 2.78. The maximum atomic E-state index is 11.4. The van der Waals surface area contributed by atoms with E-state index in [1.165, 1.54) is 18.4 Å². The minimum atomic E-state index is 0.796. The molecule has 0 saturated carbocycles. The first-order chi connectivity index (χ1) is 9.31. The Bertz CT molecular complexity index is 580. The lowest BCUT2D eigenvalue weighted by molar-refractivity contribution is 0.112. The Labute approximate surface area is 114 Å². The summed E-state index contributed by atoms with van der Waals surface area (Å²) in [7, 11) is 0. The number of aryl methyl sites for hydroxylation is 1. The van der Waals surface area contributed by atoms with Crippen molar-refractivity contribution in [2.24, 2.45) is 0 Å². The summed E-state index contributed by atoms with van der Waals surface area (Å²) in [4.78, 5) is 14.9. The summed E-state index contributed by atoms with van der Waals surface area (Å²) in [5.41, 5.74) is 4.15. The fraction of sp³-hybridized carbons (Fsp3) is 0.353. The van der Waals surface area contributed by atoms with Crippen molar-refractivity contribution in [3.8, 4) is 0 Å². The molecule has 19 heavy (non-hydrogen) atoms. The van der Waals surface area contributed by atoms with Gasteiger partial charge in [-0.25, -0.2) is 0 Å². The summed E-state index contributed by atoms with van der Waals surface area (Å²) in [5, 5.41) is 1.07.